The first-order valence-electron chi connectivity index (χ1n) is 53.9. The van der Waals surface area contributed by atoms with Gasteiger partial charge in [0.2, 0.25) is 30.1 Å². The van der Waals surface area contributed by atoms with Crippen molar-refractivity contribution in [2.75, 3.05) is 54.8 Å². The number of nitrogens with zero attached hydrogens (tertiary/aromatic N) is 5. The number of benzene rings is 8. The molecule has 736 valence electrons. The number of imide groups is 2. The van der Waals surface area contributed by atoms with Gasteiger partial charge in [0.1, 0.15) is 0 Å². The van der Waals surface area contributed by atoms with Crippen LogP contribution in [0.4, 0.5) is 17.1 Å². The second-order valence-corrected chi connectivity index (χ2v) is 44.7. The maximum atomic E-state index is 14.8. The lowest BCUT2D eigenvalue weighted by Gasteiger charge is -2.30. The lowest BCUT2D eigenvalue weighted by molar-refractivity contribution is 0.0877. The third-order valence-corrected chi connectivity index (χ3v) is 33.9. The Morgan fingerprint density at radius 3 is 0.534 bits per heavy atom. The molecule has 0 bridgehead atoms. The topological polar surface area (TPSA) is 213 Å². The van der Waals surface area contributed by atoms with E-state index in [1.54, 1.807) is 85.7 Å². The molecule has 10 rings (SSSR count). The number of hydrogen-bond acceptors (Lipinski definition) is 11. The highest BCUT2D eigenvalue weighted by Gasteiger charge is 2.40. The number of amides is 4. The summed E-state index contributed by atoms with van der Waals surface area (Å²) in [6.45, 7) is 16.5. The molecule has 2 heterocycles. The summed E-state index contributed by atoms with van der Waals surface area (Å²) in [5.41, 5.74) is 8.27. The van der Waals surface area contributed by atoms with Gasteiger partial charge in [0.25, 0.3) is 23.6 Å². The van der Waals surface area contributed by atoms with Gasteiger partial charge in [-0.15, -0.1) is 0 Å². The number of anilines is 3. The van der Waals surface area contributed by atoms with Crippen molar-refractivity contribution in [1.29, 1.82) is 0 Å². The summed E-state index contributed by atoms with van der Waals surface area (Å²) < 4.78 is 89.9. The Balaban J connectivity index is 0.000000477. The highest BCUT2D eigenvalue weighted by molar-refractivity contribution is 7.89. The van der Waals surface area contributed by atoms with E-state index < -0.39 is 53.7 Å². The van der Waals surface area contributed by atoms with Crippen LogP contribution in [-0.2, 0) is 30.1 Å². The summed E-state index contributed by atoms with van der Waals surface area (Å²) in [7, 11) is -11.2. The van der Waals surface area contributed by atoms with E-state index >= 15 is 0 Å². The highest BCUT2D eigenvalue weighted by Crippen LogP contribution is 2.48. The van der Waals surface area contributed by atoms with Gasteiger partial charge in [-0.2, -0.15) is 12.9 Å². The number of fused-ring (bicyclic) bond motifs is 2. The van der Waals surface area contributed by atoms with E-state index in [4.69, 9.17) is 5.73 Å². The van der Waals surface area contributed by atoms with Crippen LogP contribution in [0.25, 0.3) is 43.1 Å². The molecule has 19 heteroatoms. The van der Waals surface area contributed by atoms with Gasteiger partial charge in [0, 0.05) is 78.0 Å². The number of rotatable bonds is 74. The Hall–Kier alpha value is -7.13. The van der Waals surface area contributed by atoms with Gasteiger partial charge < -0.3 is 5.73 Å². The van der Waals surface area contributed by atoms with E-state index in [-0.39, 0.29) is 21.2 Å². The van der Waals surface area contributed by atoms with E-state index in [0.717, 1.165) is 145 Å². The molecule has 0 spiro atoms. The van der Waals surface area contributed by atoms with Gasteiger partial charge in [-0.1, -0.05) is 413 Å². The molecule has 0 saturated heterocycles. The largest absolute Gasteiger partial charge is 0.399 e. The molecule has 8 aromatic carbocycles. The molecule has 0 aliphatic carbocycles. The molecule has 2 aliphatic rings. The minimum Gasteiger partial charge on any atom is -0.399 e. The predicted molar refractivity (Wildman–Crippen MR) is 561 cm³/mol. The lowest BCUT2D eigenvalue weighted by Crippen LogP contribution is -2.40. The van der Waals surface area contributed by atoms with Gasteiger partial charge in [0.05, 0.1) is 26.1 Å². The number of carbonyl (C=O) groups excluding carboxylic acids is 4. The summed E-state index contributed by atoms with van der Waals surface area (Å²) in [5, 5.41) is 5.51. The Morgan fingerprint density at radius 2 is 0.361 bits per heavy atom. The molecule has 4 amide bonds. The lowest BCUT2D eigenvalue weighted by atomic mass is 9.82. The summed E-state index contributed by atoms with van der Waals surface area (Å²) >= 11 is 0. The van der Waals surface area contributed by atoms with Gasteiger partial charge in [0.15, 0.2) is 0 Å². The summed E-state index contributed by atoms with van der Waals surface area (Å²) in [6, 6.07) is 33.6. The molecule has 0 fully saturated rings. The number of hydrogen-bond donors (Lipinski definition) is 1. The Kier molecular flexibility index (Phi) is 49.9. The molecule has 2 aliphatic heterocycles. The summed E-state index contributed by atoms with van der Waals surface area (Å²) in [6.07, 6.45) is 71.7. The molecule has 0 atom stereocenters. The van der Waals surface area contributed by atoms with Crippen LogP contribution in [-0.4, -0.2) is 101 Å². The van der Waals surface area contributed by atoms with E-state index in [0.29, 0.717) is 82.9 Å². The van der Waals surface area contributed by atoms with Crippen LogP contribution >= 0.6 is 0 Å². The molecule has 0 aromatic heterocycles. The number of sulfonamides is 3. The van der Waals surface area contributed by atoms with Gasteiger partial charge in [-0.25, -0.2) is 35.1 Å². The Morgan fingerprint density at radius 1 is 0.203 bits per heavy atom. The zero-order chi connectivity index (χ0) is 94.9. The highest BCUT2D eigenvalue weighted by atomic mass is 32.2. The molecular formula is C114H172N6O10S3. The third kappa shape index (κ3) is 33.0. The van der Waals surface area contributed by atoms with Crippen molar-refractivity contribution in [3.8, 4) is 0 Å². The fraction of sp³-hybridized carbons (Fsp3) is 0.632. The van der Waals surface area contributed by atoms with Gasteiger partial charge >= 0.3 is 0 Å². The average Bonchev–Trinajstić information content (AvgIpc) is 0.686. The minimum absolute atomic E-state index is 0.138. The van der Waals surface area contributed by atoms with Crippen LogP contribution < -0.4 is 15.5 Å². The zero-order valence-electron chi connectivity index (χ0n) is 83.3. The minimum atomic E-state index is -3.89. The molecule has 133 heavy (non-hydrogen) atoms. The van der Waals surface area contributed by atoms with Crippen molar-refractivity contribution in [1.82, 2.24) is 12.9 Å². The first-order valence-corrected chi connectivity index (χ1v) is 58.2. The van der Waals surface area contributed by atoms with E-state index in [9.17, 15) is 44.4 Å². The number of carbonyl (C=O) groups is 4. The number of unbranched alkanes of at least 4 members (excludes halogenated alkanes) is 54. The molecule has 0 saturated carbocycles. The van der Waals surface area contributed by atoms with Crippen molar-refractivity contribution in [2.45, 2.75) is 441 Å². The molecule has 2 N–H and O–H groups in total. The van der Waals surface area contributed by atoms with Gasteiger partial charge in [-0.05, 0) is 168 Å². The van der Waals surface area contributed by atoms with Crippen LogP contribution in [0.5, 0.6) is 0 Å². The molecule has 8 aromatic rings. The standard InChI is InChI=1S/C84H116N4O8S2.C30H56N2O2S/c1-5-9-13-17-21-25-29-33-37-41-61-85(62-42-38-34-30-26-22-18-14-10-6-2)97(93,94)67-49-45-65(46-50-67)87-81(89)73-57-53-69-71-55-59-75-80-76(60-56-72(78(71)80)70-54-58-74(82(87)90)79(73)77(69)70)84(92)88(83(75)91)66-47-51-68(52-48-66)98(95,96)86(63-43-39-35-31-27-23-19-15-11-7-3)64-44-40-36-32-28-24-20-16-12-8-4;1-3-5-7-9-11-13-15-17-19-21-27-32(35(33,34)30-25-23-29(31)24-26-30)28-22-20-18-16-14-12-10-8-6-4-2/h45-60H,5-44,61-64H2,1-4H3;23-26H,3-22,27-28,31H2,1-2H3. The van der Waals surface area contributed by atoms with Crippen molar-refractivity contribution in [2.24, 2.45) is 0 Å². The number of nitrogens with two attached hydrogens (primary N) is 1. The van der Waals surface area contributed by atoms with E-state index in [1.807, 2.05) is 24.3 Å². The zero-order valence-corrected chi connectivity index (χ0v) is 85.8. The fourth-order valence-corrected chi connectivity index (χ4v) is 24.6. The smallest absolute Gasteiger partial charge is 0.265 e. The maximum Gasteiger partial charge on any atom is 0.265 e. The summed E-state index contributed by atoms with van der Waals surface area (Å²) in [4.78, 5) is 62.3. The van der Waals surface area contributed by atoms with Crippen LogP contribution in [0.3, 0.4) is 0 Å². The first-order chi connectivity index (χ1) is 64.8. The monoisotopic (exact) mass is 1880 g/mol. The first kappa shape index (κ1) is 110. The third-order valence-electron chi connectivity index (χ3n) is 28.2. The maximum absolute atomic E-state index is 14.8. The Labute approximate surface area is 805 Å². The van der Waals surface area contributed by atoms with E-state index in [1.165, 1.54) is 307 Å². The van der Waals surface area contributed by atoms with Crippen LogP contribution in [0.1, 0.15) is 468 Å². The normalized spacial score (nSPS) is 13.2. The van der Waals surface area contributed by atoms with Crippen LogP contribution in [0.2, 0.25) is 0 Å². The molecule has 0 radical (unpaired) electrons. The second kappa shape index (κ2) is 60.6. The SMILES string of the molecule is CCCCCCCCCCCCN(CCCCCCCCCCCC)S(=O)(=O)c1ccc(N)cc1.CCCCCCCCCCCCN(CCCCCCCCCCCC)S(=O)(=O)c1ccc(N2C(=O)c3ccc4c5ccc6c7c(ccc(c8ccc(c3c48)C2=O)c75)C(=O)N(c2ccc(S(=O)(=O)N(CCCCCCCCCCCC)CCCCCCCCCCCC)cc2)C6=O)cc1. The summed E-state index contributed by atoms with van der Waals surface area (Å²) in [5.74, 6) is -2.08. The van der Waals surface area contributed by atoms with Crippen molar-refractivity contribution >= 4 is 114 Å². The second-order valence-electron chi connectivity index (χ2n) is 38.9. The van der Waals surface area contributed by atoms with Crippen molar-refractivity contribution < 1.29 is 44.4 Å². The number of nitrogen functional groups attached to an aromatic ring is 1. The average molecular weight is 1880 g/mol. The Bertz CT molecular complexity index is 4650. The van der Waals surface area contributed by atoms with Crippen molar-refractivity contribution in [3.63, 3.8) is 0 Å². The molecule has 0 unspecified atom stereocenters. The van der Waals surface area contributed by atoms with E-state index in [2.05, 4.69) is 41.5 Å². The fourth-order valence-electron chi connectivity index (χ4n) is 20.1. The molecular weight excluding hydrogens is 1710 g/mol. The van der Waals surface area contributed by atoms with Gasteiger partial charge in [-0.3, -0.25) is 19.2 Å². The quantitative estimate of drug-likeness (QED) is 0.0124. The van der Waals surface area contributed by atoms with Crippen LogP contribution in [0.15, 0.2) is 136 Å². The molecule has 16 nitrogen and oxygen atoms in total. The van der Waals surface area contributed by atoms with Crippen molar-refractivity contribution in [3.05, 3.63) is 144 Å². The predicted octanol–water partition coefficient (Wildman–Crippen LogP) is 32.1. The van der Waals surface area contributed by atoms with Crippen LogP contribution in [0, 0.1) is 0 Å².